The smallest absolute Gasteiger partial charge is 0.261 e. The Morgan fingerprint density at radius 3 is 2.80 bits per heavy atom. The summed E-state index contributed by atoms with van der Waals surface area (Å²) in [5, 5.41) is 5.99. The number of para-hydroxylation sites is 1. The Morgan fingerprint density at radius 1 is 1.25 bits per heavy atom. The van der Waals surface area contributed by atoms with E-state index >= 15 is 0 Å². The van der Waals surface area contributed by atoms with Crippen molar-refractivity contribution in [3.05, 3.63) is 64.1 Å². The molecule has 2 aromatic rings. The normalized spacial score (nSPS) is 10.2. The van der Waals surface area contributed by atoms with Crippen LogP contribution in [-0.4, -0.2) is 17.4 Å². The number of pyridine rings is 1. The minimum absolute atomic E-state index is 0.103. The van der Waals surface area contributed by atoms with Crippen LogP contribution >= 0.6 is 0 Å². The molecule has 2 rings (SSSR count). The molecule has 0 aliphatic carbocycles. The van der Waals surface area contributed by atoms with Crippen LogP contribution in [-0.2, 0) is 6.54 Å². The van der Waals surface area contributed by atoms with Gasteiger partial charge in [0.25, 0.3) is 5.91 Å². The van der Waals surface area contributed by atoms with E-state index in [1.165, 1.54) is 18.5 Å². The van der Waals surface area contributed by atoms with Crippen molar-refractivity contribution in [2.75, 3.05) is 11.9 Å². The first kappa shape index (κ1) is 14.0. The first-order valence-corrected chi connectivity index (χ1v) is 6.49. The molecule has 1 amide bonds. The Labute approximate surface area is 117 Å². The summed E-state index contributed by atoms with van der Waals surface area (Å²) < 4.78 is 0. The lowest BCUT2D eigenvalue weighted by Crippen LogP contribution is -2.22. The molecule has 104 valence electrons. The number of aromatic amines is 1. The standard InChI is InChI=1S/C15H17N3O2/c1-2-16-9-11-5-3-4-6-13(11)18-15(20)12-10-17-8-7-14(12)19/h3-8,10,16H,2,9H2,1H3,(H,17,19)(H,18,20). The molecule has 1 aromatic carbocycles. The summed E-state index contributed by atoms with van der Waals surface area (Å²) >= 11 is 0. The van der Waals surface area contributed by atoms with Gasteiger partial charge in [-0.3, -0.25) is 9.59 Å². The molecular formula is C15H17N3O2. The van der Waals surface area contributed by atoms with Crippen LogP contribution in [0.25, 0.3) is 0 Å². The molecule has 0 aliphatic rings. The number of hydrogen-bond acceptors (Lipinski definition) is 3. The topological polar surface area (TPSA) is 74.0 Å². The monoisotopic (exact) mass is 271 g/mol. The van der Waals surface area contributed by atoms with E-state index in [4.69, 9.17) is 0 Å². The second-order valence-electron chi connectivity index (χ2n) is 4.31. The lowest BCUT2D eigenvalue weighted by Gasteiger charge is -2.11. The second-order valence-corrected chi connectivity index (χ2v) is 4.31. The third kappa shape index (κ3) is 3.33. The van der Waals surface area contributed by atoms with Gasteiger partial charge in [0.15, 0.2) is 5.43 Å². The predicted octanol–water partition coefficient (Wildman–Crippen LogP) is 1.74. The number of hydrogen-bond donors (Lipinski definition) is 3. The molecule has 0 radical (unpaired) electrons. The van der Waals surface area contributed by atoms with E-state index < -0.39 is 5.91 Å². The molecule has 0 unspecified atom stereocenters. The molecule has 1 heterocycles. The third-order valence-electron chi connectivity index (χ3n) is 2.90. The molecule has 0 saturated heterocycles. The number of benzene rings is 1. The zero-order valence-electron chi connectivity index (χ0n) is 11.3. The van der Waals surface area contributed by atoms with Crippen LogP contribution in [0, 0.1) is 0 Å². The lowest BCUT2D eigenvalue weighted by molar-refractivity contribution is 0.102. The predicted molar refractivity (Wildman–Crippen MR) is 78.8 cm³/mol. The fourth-order valence-corrected chi connectivity index (χ4v) is 1.84. The largest absolute Gasteiger partial charge is 0.367 e. The van der Waals surface area contributed by atoms with Gasteiger partial charge in [-0.25, -0.2) is 0 Å². The summed E-state index contributed by atoms with van der Waals surface area (Å²) in [5.74, 6) is -0.407. The van der Waals surface area contributed by atoms with Crippen LogP contribution in [0.1, 0.15) is 22.8 Å². The molecule has 5 nitrogen and oxygen atoms in total. The highest BCUT2D eigenvalue weighted by molar-refractivity contribution is 6.04. The summed E-state index contributed by atoms with van der Waals surface area (Å²) in [6.07, 6.45) is 2.91. The Balaban J connectivity index is 2.20. The van der Waals surface area contributed by atoms with Gasteiger partial charge >= 0.3 is 0 Å². The molecule has 0 bridgehead atoms. The molecule has 0 saturated carbocycles. The number of carbonyl (C=O) groups is 1. The number of amides is 1. The van der Waals surface area contributed by atoms with Crippen molar-refractivity contribution in [1.82, 2.24) is 10.3 Å². The number of rotatable bonds is 5. The highest BCUT2D eigenvalue weighted by atomic mass is 16.2. The van der Waals surface area contributed by atoms with Crippen LogP contribution < -0.4 is 16.1 Å². The van der Waals surface area contributed by atoms with E-state index in [0.29, 0.717) is 12.2 Å². The quantitative estimate of drug-likeness (QED) is 0.775. The Kier molecular flexibility index (Phi) is 4.68. The van der Waals surface area contributed by atoms with Gasteiger partial charge in [-0.1, -0.05) is 25.1 Å². The zero-order chi connectivity index (χ0) is 14.4. The molecule has 0 aliphatic heterocycles. The van der Waals surface area contributed by atoms with Crippen molar-refractivity contribution in [2.24, 2.45) is 0 Å². The zero-order valence-corrected chi connectivity index (χ0v) is 11.3. The van der Waals surface area contributed by atoms with Gasteiger partial charge in [-0.15, -0.1) is 0 Å². The minimum Gasteiger partial charge on any atom is -0.367 e. The van der Waals surface area contributed by atoms with Crippen LogP contribution in [0.3, 0.4) is 0 Å². The summed E-state index contributed by atoms with van der Waals surface area (Å²) in [5.41, 5.74) is 1.49. The number of H-pyrrole nitrogens is 1. The molecule has 0 fully saturated rings. The van der Waals surface area contributed by atoms with Gasteiger partial charge in [0.1, 0.15) is 5.56 Å². The van der Waals surface area contributed by atoms with Crippen molar-refractivity contribution in [2.45, 2.75) is 13.5 Å². The van der Waals surface area contributed by atoms with Gasteiger partial charge in [-0.05, 0) is 18.2 Å². The number of nitrogens with one attached hydrogen (secondary N) is 3. The average Bonchev–Trinajstić information content (AvgIpc) is 2.46. The van der Waals surface area contributed by atoms with E-state index in [1.54, 1.807) is 0 Å². The Bertz CT molecular complexity index is 649. The van der Waals surface area contributed by atoms with Crippen LogP contribution in [0.2, 0.25) is 0 Å². The van der Waals surface area contributed by atoms with E-state index in [0.717, 1.165) is 12.1 Å². The van der Waals surface area contributed by atoms with Crippen LogP contribution in [0.4, 0.5) is 5.69 Å². The second kappa shape index (κ2) is 6.68. The highest BCUT2D eigenvalue weighted by Gasteiger charge is 2.11. The van der Waals surface area contributed by atoms with Gasteiger partial charge in [0.05, 0.1) is 0 Å². The summed E-state index contributed by atoms with van der Waals surface area (Å²) in [6.45, 7) is 3.53. The molecule has 3 N–H and O–H groups in total. The lowest BCUT2D eigenvalue weighted by atomic mass is 10.1. The summed E-state index contributed by atoms with van der Waals surface area (Å²) in [4.78, 5) is 26.5. The first-order valence-electron chi connectivity index (χ1n) is 6.49. The maximum Gasteiger partial charge on any atom is 0.261 e. The number of carbonyl (C=O) groups excluding carboxylic acids is 1. The SMILES string of the molecule is CCNCc1ccccc1NC(=O)c1c[nH]ccc1=O. The van der Waals surface area contributed by atoms with Gasteiger partial charge < -0.3 is 15.6 Å². The molecule has 0 atom stereocenters. The number of anilines is 1. The van der Waals surface area contributed by atoms with Crippen molar-refractivity contribution in [1.29, 1.82) is 0 Å². The molecular weight excluding hydrogens is 254 g/mol. The first-order chi connectivity index (χ1) is 9.72. The van der Waals surface area contributed by atoms with E-state index in [9.17, 15) is 9.59 Å². The van der Waals surface area contributed by atoms with Gasteiger partial charge in [-0.2, -0.15) is 0 Å². The summed E-state index contributed by atoms with van der Waals surface area (Å²) in [7, 11) is 0. The Hall–Kier alpha value is -2.40. The molecule has 0 spiro atoms. The van der Waals surface area contributed by atoms with Crippen LogP contribution in [0.5, 0.6) is 0 Å². The summed E-state index contributed by atoms with van der Waals surface area (Å²) in [6, 6.07) is 8.85. The maximum absolute atomic E-state index is 12.1. The van der Waals surface area contributed by atoms with E-state index in [2.05, 4.69) is 15.6 Å². The van der Waals surface area contributed by atoms with Crippen molar-refractivity contribution < 1.29 is 4.79 Å². The molecule has 20 heavy (non-hydrogen) atoms. The Morgan fingerprint density at radius 2 is 2.05 bits per heavy atom. The fourth-order valence-electron chi connectivity index (χ4n) is 1.84. The number of aromatic nitrogens is 1. The maximum atomic E-state index is 12.1. The highest BCUT2D eigenvalue weighted by Crippen LogP contribution is 2.15. The van der Waals surface area contributed by atoms with Crippen molar-refractivity contribution in [3.63, 3.8) is 0 Å². The van der Waals surface area contributed by atoms with Gasteiger partial charge in [0.2, 0.25) is 0 Å². The van der Waals surface area contributed by atoms with E-state index in [-0.39, 0.29) is 11.0 Å². The minimum atomic E-state index is -0.407. The van der Waals surface area contributed by atoms with Crippen molar-refractivity contribution >= 4 is 11.6 Å². The third-order valence-corrected chi connectivity index (χ3v) is 2.90. The van der Waals surface area contributed by atoms with Gasteiger partial charge in [0, 0.05) is 30.7 Å². The molecule has 5 heteroatoms. The molecule has 1 aromatic heterocycles. The average molecular weight is 271 g/mol. The van der Waals surface area contributed by atoms with E-state index in [1.807, 2.05) is 31.2 Å². The fraction of sp³-hybridized carbons (Fsp3) is 0.200. The van der Waals surface area contributed by atoms with Crippen LogP contribution in [0.15, 0.2) is 47.5 Å². The van der Waals surface area contributed by atoms with Crippen molar-refractivity contribution in [3.8, 4) is 0 Å².